The van der Waals surface area contributed by atoms with Crippen molar-refractivity contribution in [3.05, 3.63) is 45.4 Å². The van der Waals surface area contributed by atoms with Gasteiger partial charge in [-0.25, -0.2) is 4.98 Å². The monoisotopic (exact) mass is 452 g/mol. The first kappa shape index (κ1) is 20.4. The number of anilines is 1. The van der Waals surface area contributed by atoms with E-state index < -0.39 is 6.04 Å². The van der Waals surface area contributed by atoms with Gasteiger partial charge >= 0.3 is 0 Å². The van der Waals surface area contributed by atoms with Gasteiger partial charge < -0.3 is 14.7 Å². The number of thiazole rings is 1. The maximum absolute atomic E-state index is 13.3. The fraction of sp³-hybridized carbons (Fsp3) is 0.450. The zero-order chi connectivity index (χ0) is 20.4. The Bertz CT molecular complexity index is 893. The van der Waals surface area contributed by atoms with Crippen molar-refractivity contribution in [3.63, 3.8) is 0 Å². The maximum atomic E-state index is 13.3. The van der Waals surface area contributed by atoms with Gasteiger partial charge in [0.05, 0.1) is 10.6 Å². The zero-order valence-electron chi connectivity index (χ0n) is 15.9. The van der Waals surface area contributed by atoms with Gasteiger partial charge in [0.2, 0.25) is 5.91 Å². The Kier molecular flexibility index (Phi) is 6.27. The molecule has 0 N–H and O–H groups in total. The molecule has 4 rings (SSSR count). The number of hydrogen-bond acceptors (Lipinski definition) is 5. The highest BCUT2D eigenvalue weighted by Gasteiger charge is 2.38. The summed E-state index contributed by atoms with van der Waals surface area (Å²) >= 11 is 13.9. The van der Waals surface area contributed by atoms with E-state index in [0.717, 1.165) is 31.1 Å². The van der Waals surface area contributed by atoms with Crippen molar-refractivity contribution in [2.75, 3.05) is 37.6 Å². The molecule has 1 unspecified atom stereocenters. The highest BCUT2D eigenvalue weighted by molar-refractivity contribution is 7.13. The van der Waals surface area contributed by atoms with Gasteiger partial charge in [-0.15, -0.1) is 11.3 Å². The van der Waals surface area contributed by atoms with Crippen LogP contribution in [0.5, 0.6) is 0 Å². The summed E-state index contributed by atoms with van der Waals surface area (Å²) in [6.45, 7) is 3.51. The van der Waals surface area contributed by atoms with Crippen molar-refractivity contribution < 1.29 is 9.59 Å². The van der Waals surface area contributed by atoms with Crippen molar-refractivity contribution in [2.24, 2.45) is 0 Å². The summed E-state index contributed by atoms with van der Waals surface area (Å²) in [5, 5.41) is 3.76. The summed E-state index contributed by atoms with van der Waals surface area (Å²) in [4.78, 5) is 36.5. The van der Waals surface area contributed by atoms with E-state index in [-0.39, 0.29) is 11.8 Å². The topological polar surface area (TPSA) is 56.8 Å². The predicted octanol–water partition coefficient (Wildman–Crippen LogP) is 3.79. The lowest BCUT2D eigenvalue weighted by Crippen LogP contribution is -2.48. The van der Waals surface area contributed by atoms with E-state index in [4.69, 9.17) is 23.2 Å². The van der Waals surface area contributed by atoms with Crippen LogP contribution in [-0.4, -0.2) is 65.4 Å². The van der Waals surface area contributed by atoms with E-state index in [1.807, 2.05) is 10.3 Å². The van der Waals surface area contributed by atoms with Gasteiger partial charge in [0.1, 0.15) is 6.04 Å². The van der Waals surface area contributed by atoms with Gasteiger partial charge in [-0.2, -0.15) is 0 Å². The van der Waals surface area contributed by atoms with Gasteiger partial charge in [-0.05, 0) is 37.5 Å². The molecule has 29 heavy (non-hydrogen) atoms. The Morgan fingerprint density at radius 2 is 1.93 bits per heavy atom. The second-order valence-electron chi connectivity index (χ2n) is 7.26. The van der Waals surface area contributed by atoms with Crippen LogP contribution in [-0.2, 0) is 4.79 Å². The number of benzene rings is 1. The van der Waals surface area contributed by atoms with Crippen LogP contribution in [0.25, 0.3) is 0 Å². The van der Waals surface area contributed by atoms with Crippen LogP contribution in [0.3, 0.4) is 0 Å². The van der Waals surface area contributed by atoms with E-state index in [1.54, 1.807) is 40.6 Å². The second-order valence-corrected chi connectivity index (χ2v) is 8.98. The molecule has 0 aliphatic carbocycles. The van der Waals surface area contributed by atoms with Gasteiger partial charge in [0.15, 0.2) is 5.13 Å². The SMILES string of the molecule is O=C(C1CCCN1C(=O)c1cc(Cl)ccc1Cl)N1CCCN(c2nccs2)CC1. The average molecular weight is 453 g/mol. The van der Waals surface area contributed by atoms with Crippen LogP contribution in [0.1, 0.15) is 29.6 Å². The third-order valence-electron chi connectivity index (χ3n) is 5.45. The number of likely N-dealkylation sites (tertiary alicyclic amines) is 1. The molecule has 2 aliphatic heterocycles. The number of carbonyl (C=O) groups is 2. The molecule has 2 aromatic rings. The molecule has 2 amide bonds. The molecular weight excluding hydrogens is 431 g/mol. The smallest absolute Gasteiger partial charge is 0.256 e. The molecule has 0 bridgehead atoms. The normalized spacial score (nSPS) is 20.1. The molecule has 1 atom stereocenters. The number of hydrogen-bond donors (Lipinski definition) is 0. The highest BCUT2D eigenvalue weighted by atomic mass is 35.5. The Morgan fingerprint density at radius 1 is 1.07 bits per heavy atom. The highest BCUT2D eigenvalue weighted by Crippen LogP contribution is 2.27. The maximum Gasteiger partial charge on any atom is 0.256 e. The number of rotatable bonds is 3. The fourth-order valence-corrected chi connectivity index (χ4v) is 5.06. The molecule has 0 spiro atoms. The van der Waals surface area contributed by atoms with E-state index in [0.29, 0.717) is 41.7 Å². The third kappa shape index (κ3) is 4.37. The number of nitrogens with zero attached hydrogens (tertiary/aromatic N) is 4. The average Bonchev–Trinajstić information content (AvgIpc) is 3.37. The molecule has 1 aromatic carbocycles. The van der Waals surface area contributed by atoms with Gasteiger partial charge in [-0.3, -0.25) is 9.59 Å². The van der Waals surface area contributed by atoms with Crippen molar-refractivity contribution in [1.29, 1.82) is 0 Å². The van der Waals surface area contributed by atoms with E-state index in [2.05, 4.69) is 9.88 Å². The molecule has 2 aliphatic rings. The summed E-state index contributed by atoms with van der Waals surface area (Å²) in [5.74, 6) is -0.206. The van der Waals surface area contributed by atoms with E-state index in [1.165, 1.54) is 0 Å². The summed E-state index contributed by atoms with van der Waals surface area (Å²) < 4.78 is 0. The van der Waals surface area contributed by atoms with Crippen molar-refractivity contribution in [2.45, 2.75) is 25.3 Å². The molecule has 9 heteroatoms. The minimum atomic E-state index is -0.441. The van der Waals surface area contributed by atoms with E-state index in [9.17, 15) is 9.59 Å². The third-order valence-corrected chi connectivity index (χ3v) is 6.85. The molecular formula is C20H22Cl2N4O2S. The number of amides is 2. The molecule has 6 nitrogen and oxygen atoms in total. The minimum absolute atomic E-state index is 0.0231. The lowest BCUT2D eigenvalue weighted by Gasteiger charge is -2.30. The van der Waals surface area contributed by atoms with Gasteiger partial charge in [0.25, 0.3) is 5.91 Å². The van der Waals surface area contributed by atoms with E-state index >= 15 is 0 Å². The first-order chi connectivity index (χ1) is 14.0. The van der Waals surface area contributed by atoms with Crippen molar-refractivity contribution in [1.82, 2.24) is 14.8 Å². The lowest BCUT2D eigenvalue weighted by molar-refractivity contribution is -0.135. The number of aromatic nitrogens is 1. The summed E-state index contributed by atoms with van der Waals surface area (Å²) in [6, 6.07) is 4.40. The zero-order valence-corrected chi connectivity index (χ0v) is 18.2. The predicted molar refractivity (Wildman–Crippen MR) is 116 cm³/mol. The second kappa shape index (κ2) is 8.90. The summed E-state index contributed by atoms with van der Waals surface area (Å²) in [6.07, 6.45) is 4.16. The first-order valence-corrected chi connectivity index (χ1v) is 11.4. The molecule has 3 heterocycles. The van der Waals surface area contributed by atoms with Crippen LogP contribution in [0, 0.1) is 0 Å². The first-order valence-electron chi connectivity index (χ1n) is 9.74. The van der Waals surface area contributed by atoms with Crippen molar-refractivity contribution in [3.8, 4) is 0 Å². The quantitative estimate of drug-likeness (QED) is 0.710. The van der Waals surface area contributed by atoms with Crippen LogP contribution in [0.4, 0.5) is 5.13 Å². The minimum Gasteiger partial charge on any atom is -0.346 e. The van der Waals surface area contributed by atoms with Gasteiger partial charge in [-0.1, -0.05) is 23.2 Å². The Labute approximate surface area is 184 Å². The van der Waals surface area contributed by atoms with Crippen molar-refractivity contribution >= 4 is 51.5 Å². The molecule has 2 fully saturated rings. The Hall–Kier alpha value is -1.83. The number of carbonyl (C=O) groups excluding carboxylic acids is 2. The lowest BCUT2D eigenvalue weighted by atomic mass is 10.1. The molecule has 2 saturated heterocycles. The molecule has 1 aromatic heterocycles. The standard InChI is InChI=1S/C20H22Cl2N4O2S/c21-14-4-5-16(22)15(13-14)18(27)26-9-1-3-17(26)19(28)24-7-2-8-25(11-10-24)20-23-6-12-29-20/h4-6,12-13,17H,1-3,7-11H2. The van der Waals surface area contributed by atoms with Crippen LogP contribution in [0.2, 0.25) is 10.0 Å². The summed E-state index contributed by atoms with van der Waals surface area (Å²) in [5.41, 5.74) is 0.352. The van der Waals surface area contributed by atoms with Crippen LogP contribution in [0.15, 0.2) is 29.8 Å². The fourth-order valence-electron chi connectivity index (χ4n) is 3.99. The Morgan fingerprint density at radius 3 is 2.72 bits per heavy atom. The number of halogens is 2. The Balaban J connectivity index is 1.46. The molecule has 0 radical (unpaired) electrons. The van der Waals surface area contributed by atoms with Crippen LogP contribution < -0.4 is 4.90 Å². The summed E-state index contributed by atoms with van der Waals surface area (Å²) in [7, 11) is 0. The molecule has 154 valence electrons. The molecule has 0 saturated carbocycles. The van der Waals surface area contributed by atoms with Crippen LogP contribution >= 0.6 is 34.5 Å². The van der Waals surface area contributed by atoms with Gasteiger partial charge in [0, 0.05) is 49.3 Å². The largest absolute Gasteiger partial charge is 0.346 e.